The molecule has 0 saturated heterocycles. The fourth-order valence-corrected chi connectivity index (χ4v) is 3.52. The first-order chi connectivity index (χ1) is 14.0. The largest absolute Gasteiger partial charge is 0.489 e. The second-order valence-electron chi connectivity index (χ2n) is 6.53. The van der Waals surface area contributed by atoms with Crippen LogP contribution in [-0.4, -0.2) is 23.4 Å². The van der Waals surface area contributed by atoms with Crippen LogP contribution in [0.2, 0.25) is 0 Å². The zero-order chi connectivity index (χ0) is 20.6. The molecule has 1 aromatic heterocycles. The number of aryl methyl sites for hydroxylation is 2. The molecule has 7 heteroatoms. The van der Waals surface area contributed by atoms with E-state index in [2.05, 4.69) is 10.5 Å². The van der Waals surface area contributed by atoms with Gasteiger partial charge in [0, 0.05) is 17.0 Å². The third-order valence-electron chi connectivity index (χ3n) is 4.37. The Morgan fingerprint density at radius 3 is 2.52 bits per heavy atom. The highest BCUT2D eigenvalue weighted by atomic mass is 32.2. The maximum absolute atomic E-state index is 12.9. The van der Waals surface area contributed by atoms with Gasteiger partial charge in [-0.2, -0.15) is 0 Å². The van der Waals surface area contributed by atoms with Crippen molar-refractivity contribution >= 4 is 17.7 Å². The highest BCUT2D eigenvalue weighted by Crippen LogP contribution is 2.19. The van der Waals surface area contributed by atoms with Crippen molar-refractivity contribution in [3.63, 3.8) is 0 Å². The van der Waals surface area contributed by atoms with Gasteiger partial charge in [-0.3, -0.25) is 4.79 Å². The van der Waals surface area contributed by atoms with Crippen molar-refractivity contribution < 1.29 is 18.4 Å². The van der Waals surface area contributed by atoms with Gasteiger partial charge in [-0.05, 0) is 74.6 Å². The summed E-state index contributed by atoms with van der Waals surface area (Å²) in [6, 6.07) is 13.4. The smallest absolute Gasteiger partial charge is 0.251 e. The molecule has 1 N–H and O–H groups in total. The summed E-state index contributed by atoms with van der Waals surface area (Å²) >= 11 is 1.64. The lowest BCUT2D eigenvalue weighted by Gasteiger charge is -2.08. The van der Waals surface area contributed by atoms with Crippen LogP contribution in [0, 0.1) is 19.7 Å². The molecule has 0 saturated carbocycles. The third-order valence-corrected chi connectivity index (χ3v) is 5.47. The standard InChI is InChI=1S/C22H23FN2O3S/c1-15-21(16(2)28-25-15)14-27-19-8-4-17(5-9-19)22(26)24-12-3-13-29-20-10-6-18(23)7-11-20/h4-11H,3,12-14H2,1-2H3,(H,24,26). The quantitative estimate of drug-likeness (QED) is 0.398. The molecule has 29 heavy (non-hydrogen) atoms. The molecule has 1 heterocycles. The first kappa shape index (κ1) is 20.9. The minimum absolute atomic E-state index is 0.117. The maximum atomic E-state index is 12.9. The SMILES string of the molecule is Cc1noc(C)c1COc1ccc(C(=O)NCCCSc2ccc(F)cc2)cc1. The molecule has 5 nitrogen and oxygen atoms in total. The van der Waals surface area contributed by atoms with Gasteiger partial charge >= 0.3 is 0 Å². The molecule has 0 bridgehead atoms. The van der Waals surface area contributed by atoms with Crippen LogP contribution in [-0.2, 0) is 6.61 Å². The van der Waals surface area contributed by atoms with E-state index in [0.29, 0.717) is 24.5 Å². The van der Waals surface area contributed by atoms with Gasteiger partial charge in [-0.15, -0.1) is 11.8 Å². The first-order valence-electron chi connectivity index (χ1n) is 9.34. The van der Waals surface area contributed by atoms with E-state index in [0.717, 1.165) is 34.1 Å². The lowest BCUT2D eigenvalue weighted by molar-refractivity contribution is 0.0953. The van der Waals surface area contributed by atoms with E-state index >= 15 is 0 Å². The predicted octanol–water partition coefficient (Wildman–Crippen LogP) is 4.92. The lowest BCUT2D eigenvalue weighted by atomic mass is 10.2. The Bertz CT molecular complexity index is 920. The molecule has 0 atom stereocenters. The monoisotopic (exact) mass is 414 g/mol. The molecular weight excluding hydrogens is 391 g/mol. The van der Waals surface area contributed by atoms with Crippen molar-refractivity contribution in [1.82, 2.24) is 10.5 Å². The molecule has 1 amide bonds. The van der Waals surface area contributed by atoms with Gasteiger partial charge in [-0.1, -0.05) is 5.16 Å². The number of carbonyl (C=O) groups excluding carboxylic acids is 1. The van der Waals surface area contributed by atoms with Crippen LogP contribution in [0.3, 0.4) is 0 Å². The number of aromatic nitrogens is 1. The molecule has 2 aromatic carbocycles. The minimum atomic E-state index is -0.234. The number of thioether (sulfide) groups is 1. The number of nitrogens with one attached hydrogen (secondary N) is 1. The molecule has 3 rings (SSSR count). The van der Waals surface area contributed by atoms with Crippen LogP contribution in [0.25, 0.3) is 0 Å². The number of ether oxygens (including phenoxy) is 1. The molecule has 0 radical (unpaired) electrons. The van der Waals surface area contributed by atoms with E-state index in [9.17, 15) is 9.18 Å². The van der Waals surface area contributed by atoms with Crippen LogP contribution in [0.1, 0.15) is 33.8 Å². The molecule has 0 aliphatic rings. The fraction of sp³-hybridized carbons (Fsp3) is 0.273. The van der Waals surface area contributed by atoms with Gasteiger partial charge in [0.25, 0.3) is 5.91 Å². The van der Waals surface area contributed by atoms with Crippen molar-refractivity contribution in [2.75, 3.05) is 12.3 Å². The topological polar surface area (TPSA) is 64.4 Å². The summed E-state index contributed by atoms with van der Waals surface area (Å²) in [4.78, 5) is 13.3. The van der Waals surface area contributed by atoms with E-state index in [1.54, 1.807) is 48.2 Å². The molecule has 0 aliphatic carbocycles. The summed E-state index contributed by atoms with van der Waals surface area (Å²) < 4.78 is 23.7. The average Bonchev–Trinajstić information content (AvgIpc) is 3.05. The summed E-state index contributed by atoms with van der Waals surface area (Å²) in [5.41, 5.74) is 2.34. The average molecular weight is 415 g/mol. The number of nitrogens with zero attached hydrogens (tertiary/aromatic N) is 1. The normalized spacial score (nSPS) is 10.7. The van der Waals surface area contributed by atoms with Crippen LogP contribution in [0.4, 0.5) is 4.39 Å². The second kappa shape index (κ2) is 10.1. The van der Waals surface area contributed by atoms with Gasteiger partial charge in [0.1, 0.15) is 23.9 Å². The summed E-state index contributed by atoms with van der Waals surface area (Å²) in [5.74, 6) is 1.92. The second-order valence-corrected chi connectivity index (χ2v) is 7.70. The van der Waals surface area contributed by atoms with E-state index < -0.39 is 0 Å². The Kier molecular flexibility index (Phi) is 7.30. The number of carbonyl (C=O) groups is 1. The zero-order valence-electron chi connectivity index (χ0n) is 16.4. The number of hydrogen-bond acceptors (Lipinski definition) is 5. The fourth-order valence-electron chi connectivity index (χ4n) is 2.66. The Morgan fingerprint density at radius 1 is 1.14 bits per heavy atom. The summed E-state index contributed by atoms with van der Waals surface area (Å²) in [6.07, 6.45) is 0.826. The zero-order valence-corrected chi connectivity index (χ0v) is 17.2. The van der Waals surface area contributed by atoms with Gasteiger partial charge in [-0.25, -0.2) is 4.39 Å². The van der Waals surface area contributed by atoms with Crippen molar-refractivity contribution in [3.8, 4) is 5.75 Å². The lowest BCUT2D eigenvalue weighted by Crippen LogP contribution is -2.24. The summed E-state index contributed by atoms with van der Waals surface area (Å²) in [6.45, 7) is 4.68. The molecule has 0 aliphatic heterocycles. The highest BCUT2D eigenvalue weighted by molar-refractivity contribution is 7.99. The number of halogens is 1. The highest BCUT2D eigenvalue weighted by Gasteiger charge is 2.10. The minimum Gasteiger partial charge on any atom is -0.489 e. The van der Waals surface area contributed by atoms with Crippen LogP contribution < -0.4 is 10.1 Å². The molecule has 0 fully saturated rings. The van der Waals surface area contributed by atoms with Crippen molar-refractivity contribution in [2.24, 2.45) is 0 Å². The third kappa shape index (κ3) is 6.09. The first-order valence-corrected chi connectivity index (χ1v) is 10.3. The van der Waals surface area contributed by atoms with Crippen molar-refractivity contribution in [3.05, 3.63) is 76.9 Å². The van der Waals surface area contributed by atoms with Crippen molar-refractivity contribution in [2.45, 2.75) is 31.8 Å². The Hall–Kier alpha value is -2.80. The van der Waals surface area contributed by atoms with Crippen molar-refractivity contribution in [1.29, 1.82) is 0 Å². The van der Waals surface area contributed by atoms with Crippen LogP contribution in [0.15, 0.2) is 57.9 Å². The summed E-state index contributed by atoms with van der Waals surface area (Å²) in [5, 5.41) is 6.81. The number of benzene rings is 2. The Morgan fingerprint density at radius 2 is 1.86 bits per heavy atom. The van der Waals surface area contributed by atoms with Gasteiger partial charge in [0.05, 0.1) is 11.3 Å². The summed E-state index contributed by atoms with van der Waals surface area (Å²) in [7, 11) is 0. The number of hydrogen-bond donors (Lipinski definition) is 1. The van der Waals surface area contributed by atoms with E-state index in [1.807, 2.05) is 13.8 Å². The molecule has 3 aromatic rings. The van der Waals surface area contributed by atoms with Gasteiger partial charge in [0.15, 0.2) is 0 Å². The molecule has 152 valence electrons. The van der Waals surface area contributed by atoms with E-state index in [-0.39, 0.29) is 11.7 Å². The molecule has 0 unspecified atom stereocenters. The Balaban J connectivity index is 1.39. The maximum Gasteiger partial charge on any atom is 0.251 e. The van der Waals surface area contributed by atoms with Crippen LogP contribution >= 0.6 is 11.8 Å². The number of rotatable bonds is 9. The van der Waals surface area contributed by atoms with Gasteiger partial charge < -0.3 is 14.6 Å². The van der Waals surface area contributed by atoms with Crippen LogP contribution in [0.5, 0.6) is 5.75 Å². The Labute approximate surface area is 173 Å². The molecule has 0 spiro atoms. The predicted molar refractivity (Wildman–Crippen MR) is 111 cm³/mol. The van der Waals surface area contributed by atoms with E-state index in [1.165, 1.54) is 12.1 Å². The van der Waals surface area contributed by atoms with Gasteiger partial charge in [0.2, 0.25) is 0 Å². The molecular formula is C22H23FN2O3S. The number of amides is 1. The van der Waals surface area contributed by atoms with E-state index in [4.69, 9.17) is 9.26 Å².